The van der Waals surface area contributed by atoms with Crippen molar-refractivity contribution in [3.8, 4) is 5.69 Å². The first-order valence-corrected chi connectivity index (χ1v) is 6.72. The molecule has 0 aliphatic rings. The molecule has 20 heavy (non-hydrogen) atoms. The van der Waals surface area contributed by atoms with Gasteiger partial charge in [-0.25, -0.2) is 4.68 Å². The largest absolute Gasteiger partial charge is 0.354 e. The van der Waals surface area contributed by atoms with Gasteiger partial charge in [0, 0.05) is 25.0 Å². The van der Waals surface area contributed by atoms with Crippen LogP contribution in [0.5, 0.6) is 0 Å². The zero-order valence-electron chi connectivity index (χ0n) is 11.8. The number of likely N-dealkylation sites (N-methyl/N-ethyl adjacent to an activating group) is 1. The summed E-state index contributed by atoms with van der Waals surface area (Å²) in [6, 6.07) is 10.00. The molecule has 0 saturated carbocycles. The van der Waals surface area contributed by atoms with Gasteiger partial charge in [0.25, 0.3) is 0 Å². The predicted octanol–water partition coefficient (Wildman–Crippen LogP) is 1.14. The lowest BCUT2D eigenvalue weighted by Gasteiger charge is -2.11. The van der Waals surface area contributed by atoms with Gasteiger partial charge in [-0.3, -0.25) is 4.79 Å². The lowest BCUT2D eigenvalue weighted by atomic mass is 10.1. The van der Waals surface area contributed by atoms with Crippen LogP contribution in [0.2, 0.25) is 0 Å². The zero-order valence-corrected chi connectivity index (χ0v) is 11.8. The van der Waals surface area contributed by atoms with E-state index in [0.717, 1.165) is 11.3 Å². The zero-order chi connectivity index (χ0) is 14.4. The Hall–Kier alpha value is -2.14. The van der Waals surface area contributed by atoms with Gasteiger partial charge in [-0.2, -0.15) is 5.10 Å². The molecule has 1 unspecified atom stereocenters. The molecule has 0 bridgehead atoms. The molecule has 106 valence electrons. The summed E-state index contributed by atoms with van der Waals surface area (Å²) in [7, 11) is 1.88. The van der Waals surface area contributed by atoms with E-state index >= 15 is 0 Å². The Bertz CT molecular complexity index is 534. The number of nitrogens with one attached hydrogen (secondary N) is 2. The molecule has 0 spiro atoms. The molecular formula is C15H20N4O. The highest BCUT2D eigenvalue weighted by Crippen LogP contribution is 2.09. The molecule has 2 aromatic rings. The van der Waals surface area contributed by atoms with E-state index in [-0.39, 0.29) is 11.9 Å². The Morgan fingerprint density at radius 3 is 2.70 bits per heavy atom. The number of hydrogen-bond donors (Lipinski definition) is 2. The Morgan fingerprint density at radius 1 is 1.35 bits per heavy atom. The fraction of sp³-hybridized carbons (Fsp3) is 0.333. The third-order valence-corrected chi connectivity index (χ3v) is 3.17. The number of benzene rings is 1. The van der Waals surface area contributed by atoms with Crippen LogP contribution in [-0.4, -0.2) is 35.3 Å². The van der Waals surface area contributed by atoms with Crippen molar-refractivity contribution in [1.82, 2.24) is 20.4 Å². The minimum Gasteiger partial charge on any atom is -0.354 e. The summed E-state index contributed by atoms with van der Waals surface area (Å²) in [5, 5.41) is 10.2. The molecule has 0 saturated heterocycles. The molecular weight excluding hydrogens is 252 g/mol. The maximum absolute atomic E-state index is 11.8. The molecule has 2 N–H and O–H groups in total. The summed E-state index contributed by atoms with van der Waals surface area (Å²) >= 11 is 0. The van der Waals surface area contributed by atoms with Crippen molar-refractivity contribution in [1.29, 1.82) is 0 Å². The van der Waals surface area contributed by atoms with Crippen LogP contribution >= 0.6 is 0 Å². The Morgan fingerprint density at radius 2 is 2.10 bits per heavy atom. The van der Waals surface area contributed by atoms with Crippen molar-refractivity contribution >= 4 is 5.91 Å². The van der Waals surface area contributed by atoms with Crippen molar-refractivity contribution in [3.63, 3.8) is 0 Å². The third-order valence-electron chi connectivity index (χ3n) is 3.17. The number of aromatic nitrogens is 2. The molecule has 1 aromatic carbocycles. The molecule has 1 heterocycles. The topological polar surface area (TPSA) is 58.9 Å². The first-order chi connectivity index (χ1) is 9.69. The van der Waals surface area contributed by atoms with Gasteiger partial charge in [0.1, 0.15) is 0 Å². The van der Waals surface area contributed by atoms with Crippen LogP contribution in [0.15, 0.2) is 42.7 Å². The van der Waals surface area contributed by atoms with Crippen molar-refractivity contribution < 1.29 is 4.79 Å². The quantitative estimate of drug-likeness (QED) is 0.829. The maximum Gasteiger partial charge on any atom is 0.224 e. The SMILES string of the molecule is CNC(C)CNC(=O)Cc1ccc(-n2cccn2)cc1. The van der Waals surface area contributed by atoms with E-state index in [1.165, 1.54) is 0 Å². The second kappa shape index (κ2) is 6.86. The second-order valence-corrected chi connectivity index (χ2v) is 4.79. The molecule has 0 aliphatic heterocycles. The highest BCUT2D eigenvalue weighted by molar-refractivity contribution is 5.78. The van der Waals surface area contributed by atoms with Gasteiger partial charge in [0.15, 0.2) is 0 Å². The van der Waals surface area contributed by atoms with Crippen LogP contribution < -0.4 is 10.6 Å². The third kappa shape index (κ3) is 3.93. The molecule has 2 rings (SSSR count). The lowest BCUT2D eigenvalue weighted by Crippen LogP contribution is -2.37. The van der Waals surface area contributed by atoms with Crippen LogP contribution in [0, 0.1) is 0 Å². The molecule has 0 aliphatic carbocycles. The predicted molar refractivity (Wildman–Crippen MR) is 78.8 cm³/mol. The highest BCUT2D eigenvalue weighted by Gasteiger charge is 2.05. The normalized spacial score (nSPS) is 12.1. The van der Waals surface area contributed by atoms with Crippen LogP contribution in [0.1, 0.15) is 12.5 Å². The minimum atomic E-state index is 0.0407. The first-order valence-electron chi connectivity index (χ1n) is 6.72. The monoisotopic (exact) mass is 272 g/mol. The fourth-order valence-electron chi connectivity index (χ4n) is 1.80. The highest BCUT2D eigenvalue weighted by atomic mass is 16.1. The van der Waals surface area contributed by atoms with Gasteiger partial charge >= 0.3 is 0 Å². The summed E-state index contributed by atoms with van der Waals surface area (Å²) in [6.45, 7) is 2.67. The van der Waals surface area contributed by atoms with E-state index in [0.29, 0.717) is 13.0 Å². The van der Waals surface area contributed by atoms with Crippen molar-refractivity contribution in [2.24, 2.45) is 0 Å². The van der Waals surface area contributed by atoms with Gasteiger partial charge in [-0.15, -0.1) is 0 Å². The van der Waals surface area contributed by atoms with Crippen molar-refractivity contribution in [2.75, 3.05) is 13.6 Å². The van der Waals surface area contributed by atoms with Crippen LogP contribution in [0.25, 0.3) is 5.69 Å². The number of nitrogens with zero attached hydrogens (tertiary/aromatic N) is 2. The Balaban J connectivity index is 1.89. The van der Waals surface area contributed by atoms with Gasteiger partial charge in [0.2, 0.25) is 5.91 Å². The fourth-order valence-corrected chi connectivity index (χ4v) is 1.80. The lowest BCUT2D eigenvalue weighted by molar-refractivity contribution is -0.120. The van der Waals surface area contributed by atoms with Gasteiger partial charge < -0.3 is 10.6 Å². The van der Waals surface area contributed by atoms with Crippen molar-refractivity contribution in [3.05, 3.63) is 48.3 Å². The summed E-state index contributed by atoms with van der Waals surface area (Å²) in [5.41, 5.74) is 1.98. The maximum atomic E-state index is 11.8. The van der Waals surface area contributed by atoms with Crippen LogP contribution in [-0.2, 0) is 11.2 Å². The molecule has 5 heteroatoms. The van der Waals surface area contributed by atoms with E-state index in [4.69, 9.17) is 0 Å². The molecule has 0 radical (unpaired) electrons. The first kappa shape index (κ1) is 14.3. The van der Waals surface area contributed by atoms with Crippen LogP contribution in [0.3, 0.4) is 0 Å². The van der Waals surface area contributed by atoms with E-state index < -0.39 is 0 Å². The van der Waals surface area contributed by atoms with E-state index in [2.05, 4.69) is 15.7 Å². The standard InChI is InChI=1S/C15H20N4O/c1-12(16-2)11-17-15(20)10-13-4-6-14(7-5-13)19-9-3-8-18-19/h3-9,12,16H,10-11H2,1-2H3,(H,17,20). The number of rotatable bonds is 6. The Kier molecular flexibility index (Phi) is 4.90. The van der Waals surface area contributed by atoms with E-state index in [1.54, 1.807) is 10.9 Å². The summed E-state index contributed by atoms with van der Waals surface area (Å²) in [6.07, 6.45) is 4.03. The summed E-state index contributed by atoms with van der Waals surface area (Å²) < 4.78 is 1.79. The number of carbonyl (C=O) groups excluding carboxylic acids is 1. The van der Waals surface area contributed by atoms with Gasteiger partial charge in [-0.1, -0.05) is 12.1 Å². The molecule has 1 aromatic heterocycles. The molecule has 1 atom stereocenters. The molecule has 1 amide bonds. The Labute approximate surface area is 119 Å². The average Bonchev–Trinajstić information content (AvgIpc) is 2.99. The number of carbonyl (C=O) groups is 1. The minimum absolute atomic E-state index is 0.0407. The molecule has 0 fully saturated rings. The van der Waals surface area contributed by atoms with Crippen molar-refractivity contribution in [2.45, 2.75) is 19.4 Å². The van der Waals surface area contributed by atoms with E-state index in [1.807, 2.05) is 50.5 Å². The number of amides is 1. The smallest absolute Gasteiger partial charge is 0.224 e. The second-order valence-electron chi connectivity index (χ2n) is 4.79. The van der Waals surface area contributed by atoms with Gasteiger partial charge in [-0.05, 0) is 37.7 Å². The van der Waals surface area contributed by atoms with E-state index in [9.17, 15) is 4.79 Å². The molecule has 5 nitrogen and oxygen atoms in total. The van der Waals surface area contributed by atoms with Crippen LogP contribution in [0.4, 0.5) is 0 Å². The summed E-state index contributed by atoms with van der Waals surface area (Å²) in [4.78, 5) is 11.8. The number of hydrogen-bond acceptors (Lipinski definition) is 3. The summed E-state index contributed by atoms with van der Waals surface area (Å²) in [5.74, 6) is 0.0407. The average molecular weight is 272 g/mol. The van der Waals surface area contributed by atoms with Gasteiger partial charge in [0.05, 0.1) is 12.1 Å².